The molecule has 5 nitrogen and oxygen atoms in total. The first-order chi connectivity index (χ1) is 9.25. The van der Waals surface area contributed by atoms with Gasteiger partial charge in [0, 0.05) is 30.9 Å². The van der Waals surface area contributed by atoms with Gasteiger partial charge in [-0.05, 0) is 37.2 Å². The molecular formula is C14H21N3O2. The molecule has 0 spiro atoms. The van der Waals surface area contributed by atoms with Gasteiger partial charge in [0.2, 0.25) is 5.91 Å². The first kappa shape index (κ1) is 13.8. The second-order valence-corrected chi connectivity index (χ2v) is 4.68. The van der Waals surface area contributed by atoms with Gasteiger partial charge in [-0.25, -0.2) is 0 Å². The van der Waals surface area contributed by atoms with Crippen LogP contribution in [0.15, 0.2) is 24.3 Å². The second-order valence-electron chi connectivity index (χ2n) is 4.68. The van der Waals surface area contributed by atoms with Crippen molar-refractivity contribution in [1.29, 1.82) is 0 Å². The van der Waals surface area contributed by atoms with E-state index in [0.29, 0.717) is 5.56 Å². The molecule has 1 aliphatic rings. The molecule has 0 aliphatic carbocycles. The third kappa shape index (κ3) is 4.54. The summed E-state index contributed by atoms with van der Waals surface area (Å²) in [5.74, 6) is -0.390. The summed E-state index contributed by atoms with van der Waals surface area (Å²) >= 11 is 0. The Morgan fingerprint density at radius 3 is 2.58 bits per heavy atom. The van der Waals surface area contributed by atoms with Crippen molar-refractivity contribution >= 4 is 11.6 Å². The highest BCUT2D eigenvalue weighted by Crippen LogP contribution is 2.09. The van der Waals surface area contributed by atoms with E-state index < -0.39 is 0 Å². The topological polar surface area (TPSA) is 67.6 Å². The van der Waals surface area contributed by atoms with Crippen molar-refractivity contribution in [2.45, 2.75) is 6.42 Å². The largest absolute Gasteiger partial charge is 0.385 e. The fraction of sp³-hybridized carbons (Fsp3) is 0.500. The van der Waals surface area contributed by atoms with Gasteiger partial charge in [-0.15, -0.1) is 0 Å². The molecule has 0 bridgehead atoms. The van der Waals surface area contributed by atoms with Gasteiger partial charge < -0.3 is 15.8 Å². The summed E-state index contributed by atoms with van der Waals surface area (Å²) in [6.07, 6.45) is 1.09. The maximum absolute atomic E-state index is 10.9. The average Bonchev–Trinajstić information content (AvgIpc) is 2.45. The molecule has 1 aromatic rings. The highest BCUT2D eigenvalue weighted by molar-refractivity contribution is 5.93. The highest BCUT2D eigenvalue weighted by Gasteiger charge is 2.08. The SMILES string of the molecule is NC(=O)c1ccc(NCCCN2CCOCC2)cc1. The van der Waals surface area contributed by atoms with Crippen LogP contribution in [0, 0.1) is 0 Å². The quantitative estimate of drug-likeness (QED) is 0.749. The highest BCUT2D eigenvalue weighted by atomic mass is 16.5. The Balaban J connectivity index is 1.66. The smallest absolute Gasteiger partial charge is 0.248 e. The van der Waals surface area contributed by atoms with Crippen LogP contribution in [0.4, 0.5) is 5.69 Å². The molecule has 0 radical (unpaired) electrons. The summed E-state index contributed by atoms with van der Waals surface area (Å²) in [7, 11) is 0. The summed E-state index contributed by atoms with van der Waals surface area (Å²) in [4.78, 5) is 13.4. The Morgan fingerprint density at radius 2 is 1.95 bits per heavy atom. The number of hydrogen-bond donors (Lipinski definition) is 2. The number of hydrogen-bond acceptors (Lipinski definition) is 4. The molecule has 1 aromatic carbocycles. The lowest BCUT2D eigenvalue weighted by atomic mass is 10.2. The fourth-order valence-electron chi connectivity index (χ4n) is 2.11. The predicted octanol–water partition coefficient (Wildman–Crippen LogP) is 0.920. The van der Waals surface area contributed by atoms with E-state index in [2.05, 4.69) is 10.2 Å². The first-order valence-corrected chi connectivity index (χ1v) is 6.69. The maximum Gasteiger partial charge on any atom is 0.248 e. The number of amides is 1. The van der Waals surface area contributed by atoms with Crippen LogP contribution in [-0.2, 0) is 4.74 Å². The van der Waals surface area contributed by atoms with Crippen molar-refractivity contribution in [3.63, 3.8) is 0 Å². The minimum absolute atomic E-state index is 0.390. The van der Waals surface area contributed by atoms with Crippen molar-refractivity contribution < 1.29 is 9.53 Å². The molecule has 2 rings (SSSR count). The summed E-state index contributed by atoms with van der Waals surface area (Å²) in [5, 5.41) is 3.34. The molecule has 5 heteroatoms. The van der Waals surface area contributed by atoms with Crippen LogP contribution in [0.3, 0.4) is 0 Å². The number of rotatable bonds is 6. The van der Waals surface area contributed by atoms with Crippen LogP contribution < -0.4 is 11.1 Å². The zero-order valence-corrected chi connectivity index (χ0v) is 11.1. The number of nitrogens with two attached hydrogens (primary N) is 1. The van der Waals surface area contributed by atoms with Crippen molar-refractivity contribution in [3.05, 3.63) is 29.8 Å². The summed E-state index contributed by atoms with van der Waals surface area (Å²) < 4.78 is 5.31. The summed E-state index contributed by atoms with van der Waals surface area (Å²) in [6, 6.07) is 7.25. The number of primary amides is 1. The molecule has 1 fully saturated rings. The summed E-state index contributed by atoms with van der Waals surface area (Å²) in [5.41, 5.74) is 6.75. The molecule has 0 atom stereocenters. The minimum atomic E-state index is -0.390. The standard InChI is InChI=1S/C14H21N3O2/c15-14(18)12-2-4-13(5-3-12)16-6-1-7-17-8-10-19-11-9-17/h2-5,16H,1,6-11H2,(H2,15,18). The van der Waals surface area contributed by atoms with Crippen molar-refractivity contribution in [2.75, 3.05) is 44.7 Å². The summed E-state index contributed by atoms with van der Waals surface area (Å²) in [6.45, 7) is 5.79. The number of ether oxygens (including phenoxy) is 1. The van der Waals surface area contributed by atoms with E-state index in [1.54, 1.807) is 12.1 Å². The molecule has 1 heterocycles. The second kappa shape index (κ2) is 7.11. The van der Waals surface area contributed by atoms with E-state index in [9.17, 15) is 4.79 Å². The molecule has 3 N–H and O–H groups in total. The Hall–Kier alpha value is -1.59. The van der Waals surface area contributed by atoms with Crippen LogP contribution in [0.25, 0.3) is 0 Å². The van der Waals surface area contributed by atoms with Crippen molar-refractivity contribution in [1.82, 2.24) is 4.90 Å². The van der Waals surface area contributed by atoms with E-state index in [1.165, 1.54) is 0 Å². The van der Waals surface area contributed by atoms with Crippen LogP contribution in [0.1, 0.15) is 16.8 Å². The number of nitrogens with zero attached hydrogens (tertiary/aromatic N) is 1. The van der Waals surface area contributed by atoms with Crippen LogP contribution >= 0.6 is 0 Å². The van der Waals surface area contributed by atoms with Gasteiger partial charge in [-0.2, -0.15) is 0 Å². The monoisotopic (exact) mass is 263 g/mol. The Bertz CT molecular complexity index is 400. The van der Waals surface area contributed by atoms with Gasteiger partial charge in [0.25, 0.3) is 0 Å². The normalized spacial score (nSPS) is 16.2. The zero-order chi connectivity index (χ0) is 13.5. The van der Waals surface area contributed by atoms with Gasteiger partial charge in [-0.3, -0.25) is 9.69 Å². The molecule has 1 aliphatic heterocycles. The Kier molecular flexibility index (Phi) is 5.18. The third-order valence-electron chi connectivity index (χ3n) is 3.25. The molecule has 0 unspecified atom stereocenters. The molecule has 1 saturated heterocycles. The lowest BCUT2D eigenvalue weighted by Gasteiger charge is -2.26. The molecular weight excluding hydrogens is 242 g/mol. The van der Waals surface area contributed by atoms with E-state index in [0.717, 1.165) is 51.5 Å². The molecule has 0 saturated carbocycles. The van der Waals surface area contributed by atoms with Gasteiger partial charge in [0.15, 0.2) is 0 Å². The van der Waals surface area contributed by atoms with E-state index in [1.807, 2.05) is 12.1 Å². The zero-order valence-electron chi connectivity index (χ0n) is 11.1. The van der Waals surface area contributed by atoms with Crippen molar-refractivity contribution in [2.24, 2.45) is 5.73 Å². The predicted molar refractivity (Wildman–Crippen MR) is 75.3 cm³/mol. The molecule has 1 amide bonds. The van der Waals surface area contributed by atoms with Gasteiger partial charge in [-0.1, -0.05) is 0 Å². The lowest BCUT2D eigenvalue weighted by Crippen LogP contribution is -2.37. The first-order valence-electron chi connectivity index (χ1n) is 6.69. The molecule has 19 heavy (non-hydrogen) atoms. The maximum atomic E-state index is 10.9. The lowest BCUT2D eigenvalue weighted by molar-refractivity contribution is 0.0378. The van der Waals surface area contributed by atoms with Crippen molar-refractivity contribution in [3.8, 4) is 0 Å². The Morgan fingerprint density at radius 1 is 1.26 bits per heavy atom. The number of anilines is 1. The van der Waals surface area contributed by atoms with Crippen LogP contribution in [-0.4, -0.2) is 50.2 Å². The number of morpholine rings is 1. The van der Waals surface area contributed by atoms with Crippen LogP contribution in [0.5, 0.6) is 0 Å². The van der Waals surface area contributed by atoms with Gasteiger partial charge in [0.05, 0.1) is 13.2 Å². The van der Waals surface area contributed by atoms with Gasteiger partial charge in [0.1, 0.15) is 0 Å². The number of carbonyl (C=O) groups excluding carboxylic acids is 1. The van der Waals surface area contributed by atoms with E-state index in [-0.39, 0.29) is 5.91 Å². The van der Waals surface area contributed by atoms with E-state index >= 15 is 0 Å². The molecule has 0 aromatic heterocycles. The number of benzene rings is 1. The fourth-order valence-corrected chi connectivity index (χ4v) is 2.11. The van der Waals surface area contributed by atoms with Crippen LogP contribution in [0.2, 0.25) is 0 Å². The number of carbonyl (C=O) groups is 1. The number of nitrogens with one attached hydrogen (secondary N) is 1. The van der Waals surface area contributed by atoms with E-state index in [4.69, 9.17) is 10.5 Å². The Labute approximate surface area is 113 Å². The molecule has 104 valence electrons. The van der Waals surface area contributed by atoms with Gasteiger partial charge >= 0.3 is 0 Å². The third-order valence-corrected chi connectivity index (χ3v) is 3.25. The average molecular weight is 263 g/mol. The minimum Gasteiger partial charge on any atom is -0.385 e.